The standard InChI is InChI=1S/2C29H50O2/c1-5-6-7-8-9-10-11-12-13-14-15-16-17-18-19-20-25-31-28(30)26-21-23-27(24-22-26)29(2,3)4;1-5-6-7-8-9-10-11-12-13-14-15-16-17-18-19-20-21-25-24-26(29(2,3)4)22-23-27(25)28(30)31/h21-24H,5-20,25H2,1-4H3;22-24H,5-21H2,1-4H3,(H,30,31). The van der Waals surface area contributed by atoms with Crippen molar-refractivity contribution in [1.29, 1.82) is 0 Å². The molecular weight excluding hydrogens is 761 g/mol. The minimum atomic E-state index is -0.799. The summed E-state index contributed by atoms with van der Waals surface area (Å²) in [7, 11) is 0. The average Bonchev–Trinajstić information content (AvgIpc) is 3.24. The van der Waals surface area contributed by atoms with Gasteiger partial charge >= 0.3 is 11.9 Å². The van der Waals surface area contributed by atoms with Gasteiger partial charge in [-0.3, -0.25) is 0 Å². The van der Waals surface area contributed by atoms with Gasteiger partial charge in [0.2, 0.25) is 0 Å². The highest BCUT2D eigenvalue weighted by Crippen LogP contribution is 2.26. The Morgan fingerprint density at radius 1 is 0.435 bits per heavy atom. The number of unbranched alkanes of at least 4 members (excludes halogenated alkanes) is 30. The number of rotatable bonds is 36. The molecular formula is C58H100O4. The van der Waals surface area contributed by atoms with Gasteiger partial charge in [-0.1, -0.05) is 272 Å². The lowest BCUT2D eigenvalue weighted by Crippen LogP contribution is -2.13. The summed E-state index contributed by atoms with van der Waals surface area (Å²) >= 11 is 0. The van der Waals surface area contributed by atoms with Crippen LogP contribution in [0.1, 0.15) is 298 Å². The SMILES string of the molecule is CCCCCCCCCCCCCCCCCCOC(=O)c1ccc(C(C)(C)C)cc1.CCCCCCCCCCCCCCCCCCc1cc(C(C)(C)C)ccc1C(=O)O. The van der Waals surface area contributed by atoms with Gasteiger partial charge in [0.1, 0.15) is 0 Å². The molecule has 1 N–H and O–H groups in total. The van der Waals surface area contributed by atoms with Gasteiger partial charge in [-0.25, -0.2) is 9.59 Å². The maximum Gasteiger partial charge on any atom is 0.338 e. The molecule has 0 unspecified atom stereocenters. The normalized spacial score (nSPS) is 11.7. The monoisotopic (exact) mass is 861 g/mol. The fourth-order valence-electron chi connectivity index (χ4n) is 8.34. The molecule has 0 aliphatic heterocycles. The lowest BCUT2D eigenvalue weighted by molar-refractivity contribution is 0.0497. The Balaban J connectivity index is 0.000000620. The largest absolute Gasteiger partial charge is 0.478 e. The van der Waals surface area contributed by atoms with Crippen LogP contribution in [0.5, 0.6) is 0 Å². The summed E-state index contributed by atoms with van der Waals surface area (Å²) in [5, 5.41) is 9.49. The zero-order valence-electron chi connectivity index (χ0n) is 42.3. The predicted molar refractivity (Wildman–Crippen MR) is 270 cm³/mol. The number of esters is 1. The van der Waals surface area contributed by atoms with Gasteiger partial charge in [0.05, 0.1) is 17.7 Å². The fourth-order valence-corrected chi connectivity index (χ4v) is 8.34. The summed E-state index contributed by atoms with van der Waals surface area (Å²) in [5.41, 5.74) is 4.77. The van der Waals surface area contributed by atoms with E-state index in [0.29, 0.717) is 17.7 Å². The topological polar surface area (TPSA) is 63.6 Å². The first-order valence-corrected chi connectivity index (χ1v) is 26.5. The molecule has 62 heavy (non-hydrogen) atoms. The molecule has 0 fully saturated rings. The Hall–Kier alpha value is -2.62. The Morgan fingerprint density at radius 2 is 0.758 bits per heavy atom. The first-order valence-electron chi connectivity index (χ1n) is 26.5. The van der Waals surface area contributed by atoms with Crippen LogP contribution in [-0.4, -0.2) is 23.7 Å². The summed E-state index contributed by atoms with van der Waals surface area (Å²) < 4.78 is 5.43. The third-order valence-electron chi connectivity index (χ3n) is 12.7. The van der Waals surface area contributed by atoms with Gasteiger partial charge in [-0.15, -0.1) is 0 Å². The van der Waals surface area contributed by atoms with E-state index < -0.39 is 5.97 Å². The van der Waals surface area contributed by atoms with E-state index in [1.54, 1.807) is 6.07 Å². The van der Waals surface area contributed by atoms with E-state index in [1.165, 1.54) is 197 Å². The third-order valence-corrected chi connectivity index (χ3v) is 12.7. The van der Waals surface area contributed by atoms with Crippen molar-refractivity contribution in [3.8, 4) is 0 Å². The Kier molecular flexibility index (Phi) is 34.0. The maximum absolute atomic E-state index is 12.1. The molecule has 0 aromatic heterocycles. The third kappa shape index (κ3) is 30.5. The molecule has 0 aliphatic rings. The first kappa shape index (κ1) is 57.4. The molecule has 4 heteroatoms. The molecule has 0 spiro atoms. The summed E-state index contributed by atoms with van der Waals surface area (Å²) in [6.45, 7) is 18.2. The van der Waals surface area contributed by atoms with E-state index in [-0.39, 0.29) is 16.8 Å². The highest BCUT2D eigenvalue weighted by Gasteiger charge is 2.18. The van der Waals surface area contributed by atoms with E-state index in [1.807, 2.05) is 30.3 Å². The number of hydrogen-bond donors (Lipinski definition) is 1. The van der Waals surface area contributed by atoms with Crippen molar-refractivity contribution in [2.24, 2.45) is 0 Å². The number of ether oxygens (including phenoxy) is 1. The summed E-state index contributed by atoms with van der Waals surface area (Å²) in [4.78, 5) is 23.7. The van der Waals surface area contributed by atoms with E-state index in [0.717, 1.165) is 31.2 Å². The highest BCUT2D eigenvalue weighted by atomic mass is 16.5. The molecule has 4 nitrogen and oxygen atoms in total. The van der Waals surface area contributed by atoms with Crippen LogP contribution < -0.4 is 0 Å². The van der Waals surface area contributed by atoms with Crippen molar-refractivity contribution in [1.82, 2.24) is 0 Å². The number of hydrogen-bond acceptors (Lipinski definition) is 3. The number of aryl methyl sites for hydroxylation is 1. The van der Waals surface area contributed by atoms with Crippen LogP contribution in [0.2, 0.25) is 0 Å². The van der Waals surface area contributed by atoms with Crippen molar-refractivity contribution < 1.29 is 19.4 Å². The molecule has 0 saturated carbocycles. The number of carboxylic acids is 1. The molecule has 0 aliphatic carbocycles. The number of carbonyl (C=O) groups excluding carboxylic acids is 1. The molecule has 0 heterocycles. The molecule has 0 atom stereocenters. The van der Waals surface area contributed by atoms with Gasteiger partial charge in [0, 0.05) is 0 Å². The van der Waals surface area contributed by atoms with Crippen LogP contribution in [-0.2, 0) is 22.0 Å². The quantitative estimate of drug-likeness (QED) is 0.0548. The molecule has 0 radical (unpaired) electrons. The lowest BCUT2D eigenvalue weighted by Gasteiger charge is -2.20. The molecule has 2 rings (SSSR count). The highest BCUT2D eigenvalue weighted by molar-refractivity contribution is 5.90. The molecule has 0 bridgehead atoms. The van der Waals surface area contributed by atoms with Crippen molar-refractivity contribution in [3.63, 3.8) is 0 Å². The first-order chi connectivity index (χ1) is 29.8. The molecule has 2 aromatic carbocycles. The zero-order chi connectivity index (χ0) is 45.7. The van der Waals surface area contributed by atoms with Gasteiger partial charge in [-0.2, -0.15) is 0 Å². The van der Waals surface area contributed by atoms with E-state index in [2.05, 4.69) is 61.5 Å². The van der Waals surface area contributed by atoms with Crippen molar-refractivity contribution in [2.75, 3.05) is 6.61 Å². The molecule has 0 amide bonds. The van der Waals surface area contributed by atoms with Crippen LogP contribution in [0.3, 0.4) is 0 Å². The second-order valence-corrected chi connectivity index (χ2v) is 20.7. The summed E-state index contributed by atoms with van der Waals surface area (Å²) in [6.07, 6.45) is 44.4. The fraction of sp³-hybridized carbons (Fsp3) is 0.759. The molecule has 2 aromatic rings. The summed E-state index contributed by atoms with van der Waals surface area (Å²) in [5.74, 6) is -0.992. The molecule has 356 valence electrons. The van der Waals surface area contributed by atoms with Crippen molar-refractivity contribution in [3.05, 3.63) is 70.3 Å². The van der Waals surface area contributed by atoms with E-state index in [9.17, 15) is 14.7 Å². The smallest absolute Gasteiger partial charge is 0.338 e. The second kappa shape index (κ2) is 36.7. The van der Waals surface area contributed by atoms with E-state index in [4.69, 9.17) is 4.74 Å². The van der Waals surface area contributed by atoms with Crippen molar-refractivity contribution >= 4 is 11.9 Å². The minimum absolute atomic E-state index is 0.0560. The van der Waals surface area contributed by atoms with E-state index >= 15 is 0 Å². The number of carbonyl (C=O) groups is 2. The van der Waals surface area contributed by atoms with Gasteiger partial charge < -0.3 is 9.84 Å². The van der Waals surface area contributed by atoms with Gasteiger partial charge in [0.15, 0.2) is 0 Å². The Morgan fingerprint density at radius 3 is 1.10 bits per heavy atom. The molecule has 0 saturated heterocycles. The minimum Gasteiger partial charge on any atom is -0.478 e. The lowest BCUT2D eigenvalue weighted by atomic mass is 9.84. The summed E-state index contributed by atoms with van der Waals surface area (Å²) in [6, 6.07) is 13.7. The zero-order valence-corrected chi connectivity index (χ0v) is 42.3. The predicted octanol–water partition coefficient (Wildman–Crippen LogP) is 18.9. The van der Waals surface area contributed by atoms with Crippen LogP contribution in [0.4, 0.5) is 0 Å². The van der Waals surface area contributed by atoms with Crippen LogP contribution in [0.25, 0.3) is 0 Å². The van der Waals surface area contributed by atoms with Crippen LogP contribution in [0, 0.1) is 0 Å². The average molecular weight is 861 g/mol. The van der Waals surface area contributed by atoms with Crippen LogP contribution >= 0.6 is 0 Å². The number of benzene rings is 2. The maximum atomic E-state index is 12.1. The Bertz CT molecular complexity index is 1360. The van der Waals surface area contributed by atoms with Crippen LogP contribution in [0.15, 0.2) is 42.5 Å². The number of carboxylic acid groups (broad SMARTS) is 1. The van der Waals surface area contributed by atoms with Gasteiger partial charge in [-0.05, 0) is 65.0 Å². The van der Waals surface area contributed by atoms with Crippen molar-refractivity contribution in [2.45, 2.75) is 278 Å². The second-order valence-electron chi connectivity index (χ2n) is 20.7. The van der Waals surface area contributed by atoms with Gasteiger partial charge in [0.25, 0.3) is 0 Å². The number of aromatic carboxylic acids is 1. The Labute approximate surface area is 385 Å².